The Kier molecular flexibility index (Phi) is 10.3. The largest absolute Gasteiger partial charge is 0.407 e. The first kappa shape index (κ1) is 21.9. The number of rotatable bonds is 12. The van der Waals surface area contributed by atoms with Crippen molar-refractivity contribution in [2.24, 2.45) is 11.0 Å². The van der Waals surface area contributed by atoms with Gasteiger partial charge in [-0.05, 0) is 16.4 Å². The third kappa shape index (κ3) is 6.66. The summed E-state index contributed by atoms with van der Waals surface area (Å²) in [6.07, 6.45) is 0. The first-order chi connectivity index (χ1) is 12.7. The van der Waals surface area contributed by atoms with Gasteiger partial charge in [-0.2, -0.15) is 0 Å². The van der Waals surface area contributed by atoms with E-state index < -0.39 is 16.8 Å². The van der Waals surface area contributed by atoms with Crippen molar-refractivity contribution in [3.8, 4) is 0 Å². The zero-order valence-electron chi connectivity index (χ0n) is 15.0. The maximum absolute atomic E-state index is 6.63. The Bertz CT molecular complexity index is 584. The molecule has 142 valence electrons. The highest BCUT2D eigenvalue weighted by Gasteiger charge is 2.37. The molecule has 2 rings (SSSR count). The fourth-order valence-corrected chi connectivity index (χ4v) is 8.63. The van der Waals surface area contributed by atoms with Crippen molar-refractivity contribution in [1.82, 2.24) is 0 Å². The van der Waals surface area contributed by atoms with E-state index in [0.717, 1.165) is 24.2 Å². The summed E-state index contributed by atoms with van der Waals surface area (Å²) in [5, 5.41) is 2.66. The monoisotopic (exact) mass is 426 g/mol. The van der Waals surface area contributed by atoms with Gasteiger partial charge < -0.3 is 8.95 Å². The molecule has 26 heavy (non-hydrogen) atoms. The molecule has 4 N–H and O–H groups in total. The minimum absolute atomic E-state index is 0.596. The van der Waals surface area contributed by atoms with E-state index >= 15 is 0 Å². The molecule has 0 radical (unpaired) electrons. The number of nitrogens with two attached hydrogens (primary N) is 2. The molecule has 0 fully saturated rings. The van der Waals surface area contributed by atoms with Crippen LogP contribution in [0.15, 0.2) is 60.7 Å². The smallest absolute Gasteiger partial charge is 0.255 e. The maximum Gasteiger partial charge on any atom is 0.255 e. The molecule has 0 amide bonds. The predicted octanol–water partition coefficient (Wildman–Crippen LogP) is 3.33. The highest BCUT2D eigenvalue weighted by atomic mass is 33.1. The van der Waals surface area contributed by atoms with Gasteiger partial charge in [0.15, 0.2) is 8.45 Å². The van der Waals surface area contributed by atoms with Gasteiger partial charge in [-0.15, -0.1) is 0 Å². The van der Waals surface area contributed by atoms with Crippen molar-refractivity contribution in [3.63, 3.8) is 0 Å². The van der Waals surface area contributed by atoms with Crippen LogP contribution in [-0.2, 0) is 8.95 Å². The lowest BCUT2D eigenvalue weighted by Gasteiger charge is -2.31. The highest BCUT2D eigenvalue weighted by molar-refractivity contribution is 8.76. The molecule has 4 nitrogen and oxygen atoms in total. The Morgan fingerprint density at radius 3 is 1.81 bits per heavy atom. The molecule has 0 heterocycles. The van der Waals surface area contributed by atoms with Crippen LogP contribution in [0.3, 0.4) is 0 Å². The first-order valence-electron chi connectivity index (χ1n) is 8.61. The van der Waals surface area contributed by atoms with Crippen molar-refractivity contribution in [2.75, 3.05) is 24.7 Å². The van der Waals surface area contributed by atoms with Crippen LogP contribution >= 0.6 is 30.0 Å². The Morgan fingerprint density at radius 2 is 1.35 bits per heavy atom. The van der Waals surface area contributed by atoms with Crippen LogP contribution in [0.2, 0.25) is 6.04 Å². The average molecular weight is 427 g/mol. The van der Waals surface area contributed by atoms with Gasteiger partial charge in [0.2, 0.25) is 0 Å². The molecule has 0 saturated carbocycles. The van der Waals surface area contributed by atoms with E-state index in [2.05, 4.69) is 67.6 Å². The Hall–Kier alpha value is -0.373. The number of hydrogen-bond donors (Lipinski definition) is 2. The standard InChI is InChI=1S/C18H27N2O2PS2Si/c1-2-26(17-9-5-3-6-10-17,18-11-7-4-8-12-18)22-14-16-25-24-15-13-21-23(19)20/h3-12H,2,13-16,19-20H2,1H3. The Labute approximate surface area is 166 Å². The normalized spacial score (nSPS) is 11.8. The molecule has 0 aromatic heterocycles. The lowest BCUT2D eigenvalue weighted by molar-refractivity contribution is 0.343. The summed E-state index contributed by atoms with van der Waals surface area (Å²) in [6.45, 7) is 3.57. The van der Waals surface area contributed by atoms with Gasteiger partial charge >= 0.3 is 0 Å². The van der Waals surface area contributed by atoms with Gasteiger partial charge in [-0.25, -0.2) is 0 Å². The molecule has 2 aromatic rings. The van der Waals surface area contributed by atoms with Gasteiger partial charge in [0, 0.05) is 18.1 Å². The van der Waals surface area contributed by atoms with E-state index in [-0.39, 0.29) is 0 Å². The van der Waals surface area contributed by atoms with E-state index in [4.69, 9.17) is 20.0 Å². The van der Waals surface area contributed by atoms with Crippen molar-refractivity contribution in [1.29, 1.82) is 0 Å². The summed E-state index contributed by atoms with van der Waals surface area (Å²) in [7, 11) is 0.148. The molecule has 0 saturated heterocycles. The summed E-state index contributed by atoms with van der Waals surface area (Å²) < 4.78 is 11.8. The van der Waals surface area contributed by atoms with Gasteiger partial charge in [-0.3, -0.25) is 11.0 Å². The number of hydrogen-bond acceptors (Lipinski definition) is 6. The Morgan fingerprint density at radius 1 is 0.846 bits per heavy atom. The van der Waals surface area contributed by atoms with Crippen LogP contribution in [0.4, 0.5) is 0 Å². The summed E-state index contributed by atoms with van der Waals surface area (Å²) in [5.41, 5.74) is 10.8. The lowest BCUT2D eigenvalue weighted by Crippen LogP contribution is -2.60. The maximum atomic E-state index is 6.63. The van der Waals surface area contributed by atoms with Crippen LogP contribution in [0.25, 0.3) is 0 Å². The molecular formula is C18H27N2O2PS2Si. The van der Waals surface area contributed by atoms with E-state index in [1.54, 1.807) is 21.6 Å². The van der Waals surface area contributed by atoms with Crippen molar-refractivity contribution in [3.05, 3.63) is 60.7 Å². The second-order valence-electron chi connectivity index (χ2n) is 5.60. The van der Waals surface area contributed by atoms with Gasteiger partial charge in [-0.1, -0.05) is 89.2 Å². The van der Waals surface area contributed by atoms with Gasteiger partial charge in [0.25, 0.3) is 8.32 Å². The fourth-order valence-electron chi connectivity index (χ4n) is 2.80. The summed E-state index contributed by atoms with van der Waals surface area (Å²) >= 11 is 0. The van der Waals surface area contributed by atoms with Gasteiger partial charge in [0.05, 0.1) is 6.61 Å². The van der Waals surface area contributed by atoms with E-state index in [1.807, 2.05) is 0 Å². The van der Waals surface area contributed by atoms with E-state index in [9.17, 15) is 0 Å². The molecule has 8 heteroatoms. The second-order valence-corrected chi connectivity index (χ2v) is 13.1. The van der Waals surface area contributed by atoms with E-state index in [1.165, 1.54) is 10.4 Å². The average Bonchev–Trinajstić information content (AvgIpc) is 2.68. The first-order valence-corrected chi connectivity index (χ1v) is 14.6. The molecule has 0 aliphatic heterocycles. The van der Waals surface area contributed by atoms with Crippen LogP contribution in [0, 0.1) is 0 Å². The topological polar surface area (TPSA) is 70.5 Å². The van der Waals surface area contributed by atoms with Crippen LogP contribution in [0.1, 0.15) is 6.92 Å². The molecule has 0 atom stereocenters. The minimum Gasteiger partial charge on any atom is -0.407 e. The molecule has 0 spiro atoms. The summed E-state index contributed by atoms with van der Waals surface area (Å²) in [6, 6.07) is 22.4. The SMILES string of the molecule is CC[Si](OCCSSCCOP(N)N)(c1ccccc1)c1ccccc1. The van der Waals surface area contributed by atoms with Gasteiger partial charge in [0.1, 0.15) is 0 Å². The summed E-state index contributed by atoms with van der Waals surface area (Å²) in [4.78, 5) is 0. The van der Waals surface area contributed by atoms with Crippen LogP contribution in [0.5, 0.6) is 0 Å². The third-order valence-corrected chi connectivity index (χ3v) is 11.0. The second kappa shape index (κ2) is 12.2. The zero-order valence-corrected chi connectivity index (χ0v) is 18.6. The van der Waals surface area contributed by atoms with Crippen molar-refractivity contribution < 1.29 is 8.95 Å². The molecule has 0 aliphatic carbocycles. The minimum atomic E-state index is -2.19. The fraction of sp³-hybridized carbons (Fsp3) is 0.333. The highest BCUT2D eigenvalue weighted by Crippen LogP contribution is 2.23. The molecule has 0 unspecified atom stereocenters. The molecule has 0 bridgehead atoms. The Balaban J connectivity index is 1.94. The van der Waals surface area contributed by atoms with Crippen molar-refractivity contribution >= 4 is 48.7 Å². The quantitative estimate of drug-likeness (QED) is 0.235. The molecule has 2 aromatic carbocycles. The number of benzene rings is 2. The van der Waals surface area contributed by atoms with Crippen LogP contribution in [-0.4, -0.2) is 33.0 Å². The third-order valence-electron chi connectivity index (χ3n) is 3.98. The molecule has 0 aliphatic rings. The van der Waals surface area contributed by atoms with E-state index in [0.29, 0.717) is 6.61 Å². The zero-order chi connectivity index (χ0) is 18.7. The van der Waals surface area contributed by atoms with Crippen LogP contribution < -0.4 is 21.4 Å². The predicted molar refractivity (Wildman–Crippen MR) is 121 cm³/mol. The summed E-state index contributed by atoms with van der Waals surface area (Å²) in [5.74, 6) is 1.82. The molecular weight excluding hydrogens is 399 g/mol. The van der Waals surface area contributed by atoms with Crippen molar-refractivity contribution in [2.45, 2.75) is 13.0 Å². The lowest BCUT2D eigenvalue weighted by atomic mass is 10.4.